The van der Waals surface area contributed by atoms with Crippen molar-refractivity contribution in [3.8, 4) is 23.0 Å². The zero-order chi connectivity index (χ0) is 27.9. The Labute approximate surface area is 227 Å². The van der Waals surface area contributed by atoms with Crippen LogP contribution in [0.2, 0.25) is 0 Å². The number of nitrogens with one attached hydrogen (secondary N) is 2. The molecule has 0 spiro atoms. The zero-order valence-corrected chi connectivity index (χ0v) is 23.0. The number of anilines is 1. The van der Waals surface area contributed by atoms with Gasteiger partial charge in [0.2, 0.25) is 0 Å². The molecule has 4 rings (SSSR count). The number of carbonyl (C=O) groups is 1. The highest BCUT2D eigenvalue weighted by Gasteiger charge is 2.20. The molecule has 1 amide bonds. The zero-order valence-electron chi connectivity index (χ0n) is 21.8. The van der Waals surface area contributed by atoms with E-state index in [2.05, 4.69) is 29.8 Å². The Hall–Kier alpha value is -3.88. The number of ether oxygens (including phenoxy) is 3. The molecule has 0 fully saturated rings. The van der Waals surface area contributed by atoms with Gasteiger partial charge in [0.25, 0.3) is 5.91 Å². The molecule has 1 atom stereocenters. The van der Waals surface area contributed by atoms with E-state index in [1.165, 1.54) is 18.5 Å². The number of aryl methyl sites for hydroxylation is 1. The van der Waals surface area contributed by atoms with E-state index in [9.17, 15) is 4.79 Å². The molecule has 2 aromatic carbocycles. The quantitative estimate of drug-likeness (QED) is 0.196. The third-order valence-electron chi connectivity index (χ3n) is 5.76. The topological polar surface area (TPSA) is 94.6 Å². The van der Waals surface area contributed by atoms with Gasteiger partial charge in [0.1, 0.15) is 22.8 Å². The molecule has 8 nitrogen and oxygen atoms in total. The predicted molar refractivity (Wildman–Crippen MR) is 150 cm³/mol. The summed E-state index contributed by atoms with van der Waals surface area (Å²) in [6, 6.07) is 8.63. The van der Waals surface area contributed by atoms with E-state index in [0.717, 1.165) is 30.7 Å². The van der Waals surface area contributed by atoms with E-state index in [1.807, 2.05) is 14.0 Å². The van der Waals surface area contributed by atoms with Crippen LogP contribution >= 0.6 is 9.24 Å². The molecule has 2 heterocycles. The maximum absolute atomic E-state index is 15.1. The number of rotatable bonds is 11. The van der Waals surface area contributed by atoms with Crippen LogP contribution in [0.15, 0.2) is 48.8 Å². The van der Waals surface area contributed by atoms with E-state index in [0.29, 0.717) is 41.1 Å². The fourth-order valence-electron chi connectivity index (χ4n) is 3.93. The Morgan fingerprint density at radius 3 is 2.44 bits per heavy atom. The van der Waals surface area contributed by atoms with E-state index in [1.54, 1.807) is 25.1 Å². The summed E-state index contributed by atoms with van der Waals surface area (Å²) in [6.07, 6.45) is 3.83. The number of carbonyl (C=O) groups excluding carboxylic acids is 1. The van der Waals surface area contributed by atoms with Crippen LogP contribution in [0.4, 0.5) is 14.5 Å². The molecule has 1 unspecified atom stereocenters. The summed E-state index contributed by atoms with van der Waals surface area (Å²) in [6.45, 7) is 5.36. The van der Waals surface area contributed by atoms with Crippen molar-refractivity contribution < 1.29 is 27.8 Å². The van der Waals surface area contributed by atoms with Gasteiger partial charge in [0.05, 0.1) is 24.2 Å². The van der Waals surface area contributed by atoms with Crippen LogP contribution in [0.1, 0.15) is 29.3 Å². The molecule has 204 valence electrons. The first kappa shape index (κ1) is 28.1. The van der Waals surface area contributed by atoms with Crippen LogP contribution in [-0.4, -0.2) is 42.7 Å². The molecule has 4 aromatic rings. The largest absolute Gasteiger partial charge is 0.493 e. The molecule has 39 heavy (non-hydrogen) atoms. The molecule has 0 aliphatic rings. The van der Waals surface area contributed by atoms with Crippen LogP contribution in [0.25, 0.3) is 10.9 Å². The van der Waals surface area contributed by atoms with Crippen LogP contribution < -0.4 is 30.3 Å². The first-order valence-electron chi connectivity index (χ1n) is 12.3. The molecule has 0 saturated carbocycles. The minimum absolute atomic E-state index is 0.0893. The van der Waals surface area contributed by atoms with Crippen molar-refractivity contribution in [2.24, 2.45) is 0 Å². The summed E-state index contributed by atoms with van der Waals surface area (Å²) in [5.74, 6) is -1.99. The summed E-state index contributed by atoms with van der Waals surface area (Å²) >= 11 is 0. The average Bonchev–Trinajstić information content (AvgIpc) is 2.89. The lowest BCUT2D eigenvalue weighted by molar-refractivity contribution is 0.102. The van der Waals surface area contributed by atoms with Crippen molar-refractivity contribution in [2.45, 2.75) is 20.3 Å². The van der Waals surface area contributed by atoms with E-state index < -0.39 is 23.3 Å². The number of pyridine rings is 2. The van der Waals surface area contributed by atoms with Crippen molar-refractivity contribution in [1.29, 1.82) is 0 Å². The number of hydrogen-bond acceptors (Lipinski definition) is 7. The Balaban J connectivity index is 1.57. The van der Waals surface area contributed by atoms with E-state index in [-0.39, 0.29) is 17.0 Å². The van der Waals surface area contributed by atoms with E-state index in [4.69, 9.17) is 14.2 Å². The van der Waals surface area contributed by atoms with Crippen LogP contribution in [0, 0.1) is 18.6 Å². The van der Waals surface area contributed by atoms with Gasteiger partial charge in [-0.05, 0) is 57.6 Å². The van der Waals surface area contributed by atoms with Gasteiger partial charge in [-0.25, -0.2) is 8.78 Å². The predicted octanol–water partition coefficient (Wildman–Crippen LogP) is 5.15. The Bertz CT molecular complexity index is 1480. The van der Waals surface area contributed by atoms with Crippen LogP contribution in [-0.2, 0) is 0 Å². The summed E-state index contributed by atoms with van der Waals surface area (Å²) in [7, 11) is 4.23. The molecule has 0 aliphatic carbocycles. The minimum atomic E-state index is -0.987. The first-order chi connectivity index (χ1) is 18.8. The minimum Gasteiger partial charge on any atom is -0.493 e. The lowest BCUT2D eigenvalue weighted by Crippen LogP contribution is -2.21. The van der Waals surface area contributed by atoms with Crippen molar-refractivity contribution in [3.63, 3.8) is 0 Å². The monoisotopic (exact) mass is 554 g/mol. The van der Waals surface area contributed by atoms with Crippen molar-refractivity contribution >= 4 is 37.2 Å². The highest BCUT2D eigenvalue weighted by molar-refractivity contribution is 7.27. The van der Waals surface area contributed by atoms with Gasteiger partial charge in [-0.3, -0.25) is 14.8 Å². The highest BCUT2D eigenvalue weighted by Crippen LogP contribution is 2.36. The van der Waals surface area contributed by atoms with Crippen molar-refractivity contribution in [3.05, 3.63) is 71.6 Å². The summed E-state index contributed by atoms with van der Waals surface area (Å²) in [5, 5.41) is 6.14. The lowest BCUT2D eigenvalue weighted by Gasteiger charge is -2.15. The number of fused-ring (bicyclic) bond motifs is 1. The van der Waals surface area contributed by atoms with Crippen molar-refractivity contribution in [1.82, 2.24) is 15.3 Å². The van der Waals surface area contributed by atoms with Crippen LogP contribution in [0.3, 0.4) is 0 Å². The van der Waals surface area contributed by atoms with E-state index >= 15 is 8.78 Å². The molecule has 11 heteroatoms. The van der Waals surface area contributed by atoms with Gasteiger partial charge >= 0.3 is 0 Å². The fraction of sp³-hybridized carbons (Fsp3) is 0.250. The van der Waals surface area contributed by atoms with Crippen molar-refractivity contribution in [2.75, 3.05) is 32.1 Å². The molecule has 0 bridgehead atoms. The summed E-state index contributed by atoms with van der Waals surface area (Å²) in [4.78, 5) is 21.3. The maximum Gasteiger partial charge on any atom is 0.261 e. The third kappa shape index (κ3) is 6.58. The molecular weight excluding hydrogens is 525 g/mol. The lowest BCUT2D eigenvalue weighted by atomic mass is 10.1. The number of nitrogens with zero attached hydrogens (tertiary/aromatic N) is 2. The number of halogens is 2. The molecule has 0 radical (unpaired) electrons. The molecule has 2 aromatic heterocycles. The second kappa shape index (κ2) is 12.8. The second-order valence-corrected chi connectivity index (χ2v) is 9.12. The Morgan fingerprint density at radius 2 is 1.72 bits per heavy atom. The Morgan fingerprint density at radius 1 is 1.00 bits per heavy atom. The van der Waals surface area contributed by atoms with Gasteiger partial charge in [0.15, 0.2) is 17.4 Å². The smallest absolute Gasteiger partial charge is 0.261 e. The average molecular weight is 555 g/mol. The number of benzene rings is 2. The van der Waals surface area contributed by atoms with Gasteiger partial charge in [-0.15, -0.1) is 0 Å². The summed E-state index contributed by atoms with van der Waals surface area (Å²) < 4.78 is 47.2. The van der Waals surface area contributed by atoms with Crippen LogP contribution in [0.5, 0.6) is 23.0 Å². The molecule has 0 aliphatic heterocycles. The van der Waals surface area contributed by atoms with Gasteiger partial charge in [0, 0.05) is 41.7 Å². The third-order valence-corrected chi connectivity index (χ3v) is 6.20. The number of amides is 1. The van der Waals surface area contributed by atoms with Gasteiger partial charge in [-0.1, -0.05) is 9.24 Å². The summed E-state index contributed by atoms with van der Waals surface area (Å²) in [5.41, 5.74) is 1.79. The number of hydrogen-bond donors (Lipinski definition) is 2. The maximum atomic E-state index is 15.1. The molecule has 2 N–H and O–H groups in total. The first-order valence-corrected chi connectivity index (χ1v) is 12.9. The number of aromatic nitrogens is 2. The normalized spacial score (nSPS) is 10.9. The highest BCUT2D eigenvalue weighted by atomic mass is 31.0. The molecular formula is C28H29F2N4O4P. The standard InChI is InChI=1S/C28H29F2N4O4P/c1-4-36-23-7-10-33-28(39)25(23)27(35)34-17-13-19(29)26(20(30)14-17)38-22-6-9-32-21-15-24(16(2)12-18(21)22)37-11-5-8-31-3/h6-7,9-10,12-15,31H,4-5,8,11,39H2,1-3H3,(H,34,35). The Kier molecular flexibility index (Phi) is 9.22. The fourth-order valence-corrected chi connectivity index (χ4v) is 4.29. The van der Waals surface area contributed by atoms with Gasteiger partial charge in [-0.2, -0.15) is 0 Å². The molecule has 0 saturated heterocycles. The SMILES string of the molecule is CCOc1ccnc(P)c1C(=O)Nc1cc(F)c(Oc2ccnc3cc(OCCCNC)c(C)cc23)c(F)c1. The second-order valence-electron chi connectivity index (χ2n) is 8.58. The van der Waals surface area contributed by atoms with Gasteiger partial charge < -0.3 is 24.8 Å².